The molecule has 56 valence electrons. The largest absolute Gasteiger partial charge is 0.449 e. The van der Waals surface area contributed by atoms with Crippen molar-refractivity contribution in [1.29, 1.82) is 0 Å². The maximum Gasteiger partial charge on any atom is 0.404 e. The molecule has 0 aromatic carbocycles. The Labute approximate surface area is 65.1 Å². The molecule has 2 nitrogen and oxygen atoms in total. The molecule has 0 spiro atoms. The Hall–Kier alpha value is -0.760. The molecule has 3 heteroatoms. The Kier molecular flexibility index (Phi) is 4.67. The molecule has 0 saturated carbocycles. The average molecular weight is 161 g/mol. The first-order valence-corrected chi connectivity index (χ1v) is 3.18. The van der Waals surface area contributed by atoms with Crippen LogP contribution in [0.15, 0.2) is 24.3 Å². The topological polar surface area (TPSA) is 26.3 Å². The summed E-state index contributed by atoms with van der Waals surface area (Å²) >= 11 is 4.91. The van der Waals surface area contributed by atoms with Gasteiger partial charge in [-0.25, -0.2) is 4.79 Å². The van der Waals surface area contributed by atoms with Gasteiger partial charge < -0.3 is 4.74 Å². The highest BCUT2D eigenvalue weighted by atomic mass is 35.5. The molecule has 0 fully saturated rings. The van der Waals surface area contributed by atoms with Crippen molar-refractivity contribution in [2.45, 2.75) is 6.92 Å². The monoisotopic (exact) mass is 160 g/mol. The summed E-state index contributed by atoms with van der Waals surface area (Å²) in [7, 11) is 0. The first-order valence-electron chi connectivity index (χ1n) is 2.80. The zero-order chi connectivity index (χ0) is 7.98. The molecule has 0 radical (unpaired) electrons. The summed E-state index contributed by atoms with van der Waals surface area (Å²) in [6, 6.07) is 0. The van der Waals surface area contributed by atoms with Gasteiger partial charge >= 0.3 is 5.43 Å². The second kappa shape index (κ2) is 5.06. The van der Waals surface area contributed by atoms with Crippen molar-refractivity contribution in [1.82, 2.24) is 0 Å². The van der Waals surface area contributed by atoms with Crippen LogP contribution in [0.4, 0.5) is 4.79 Å². The van der Waals surface area contributed by atoms with Gasteiger partial charge in [-0.1, -0.05) is 18.7 Å². The van der Waals surface area contributed by atoms with Crippen LogP contribution in [0, 0.1) is 0 Å². The zero-order valence-corrected chi connectivity index (χ0v) is 6.52. The van der Waals surface area contributed by atoms with Gasteiger partial charge in [0.1, 0.15) is 6.61 Å². The van der Waals surface area contributed by atoms with E-state index >= 15 is 0 Å². The fourth-order valence-electron chi connectivity index (χ4n) is 0.400. The van der Waals surface area contributed by atoms with E-state index in [1.807, 2.05) is 6.92 Å². The van der Waals surface area contributed by atoms with E-state index in [4.69, 9.17) is 11.6 Å². The Morgan fingerprint density at radius 3 is 2.70 bits per heavy atom. The zero-order valence-electron chi connectivity index (χ0n) is 5.76. The summed E-state index contributed by atoms with van der Waals surface area (Å²) < 4.78 is 4.47. The Balaban J connectivity index is 3.66. The number of hydrogen-bond acceptors (Lipinski definition) is 2. The quantitative estimate of drug-likeness (QED) is 0.469. The van der Waals surface area contributed by atoms with Gasteiger partial charge in [0.15, 0.2) is 0 Å². The maximum absolute atomic E-state index is 10.1. The van der Waals surface area contributed by atoms with Crippen LogP contribution >= 0.6 is 11.6 Å². The molecule has 0 aliphatic rings. The third kappa shape index (κ3) is 4.15. The third-order valence-electron chi connectivity index (χ3n) is 0.985. The van der Waals surface area contributed by atoms with E-state index in [1.165, 1.54) is 0 Å². The molecule has 10 heavy (non-hydrogen) atoms. The van der Waals surface area contributed by atoms with Crippen molar-refractivity contribution in [3.63, 3.8) is 0 Å². The van der Waals surface area contributed by atoms with Crippen LogP contribution < -0.4 is 0 Å². The molecule has 0 unspecified atom stereocenters. The lowest BCUT2D eigenvalue weighted by Crippen LogP contribution is -1.97. The highest BCUT2D eigenvalue weighted by Crippen LogP contribution is 1.97. The predicted molar refractivity (Wildman–Crippen MR) is 41.2 cm³/mol. The van der Waals surface area contributed by atoms with Gasteiger partial charge in [-0.2, -0.15) is 0 Å². The van der Waals surface area contributed by atoms with Crippen molar-refractivity contribution < 1.29 is 9.53 Å². The van der Waals surface area contributed by atoms with Gasteiger partial charge in [-0.05, 0) is 12.5 Å². The second-order valence-electron chi connectivity index (χ2n) is 1.59. The molecule has 0 aromatic heterocycles. The van der Waals surface area contributed by atoms with E-state index in [9.17, 15) is 4.79 Å². The minimum Gasteiger partial charge on any atom is -0.449 e. The van der Waals surface area contributed by atoms with Crippen LogP contribution in [-0.4, -0.2) is 12.0 Å². The van der Waals surface area contributed by atoms with E-state index in [2.05, 4.69) is 11.3 Å². The highest BCUT2D eigenvalue weighted by molar-refractivity contribution is 6.61. The summed E-state index contributed by atoms with van der Waals surface area (Å²) in [5, 5.41) is 0. The van der Waals surface area contributed by atoms with Gasteiger partial charge in [0.05, 0.1) is 0 Å². The van der Waals surface area contributed by atoms with E-state index in [-0.39, 0.29) is 6.61 Å². The highest BCUT2D eigenvalue weighted by Gasteiger charge is 1.95. The predicted octanol–water partition coefficient (Wildman–Crippen LogP) is 2.49. The summed E-state index contributed by atoms with van der Waals surface area (Å²) in [6.07, 6.45) is 3.41. The van der Waals surface area contributed by atoms with Crippen LogP contribution in [-0.2, 0) is 4.74 Å². The fourth-order valence-corrected chi connectivity index (χ4v) is 0.455. The Bertz CT molecular complexity index is 161. The number of rotatable bonds is 3. The normalized spacial score (nSPS) is 10.8. The Morgan fingerprint density at radius 1 is 1.80 bits per heavy atom. The standard InChI is InChI=1S/C7H9ClO2/c1-3-6(4-2)5-10-7(8)9/h3-4H,1,5H2,2H3/b6-4+. The van der Waals surface area contributed by atoms with Gasteiger partial charge in [0, 0.05) is 11.6 Å². The van der Waals surface area contributed by atoms with E-state index < -0.39 is 5.43 Å². The summed E-state index contributed by atoms with van der Waals surface area (Å²) in [5.74, 6) is 0. The number of allylic oxidation sites excluding steroid dienone is 1. The van der Waals surface area contributed by atoms with Crippen LogP contribution in [0.25, 0.3) is 0 Å². The van der Waals surface area contributed by atoms with Crippen LogP contribution in [0.3, 0.4) is 0 Å². The maximum atomic E-state index is 10.1. The molecule has 0 heterocycles. The molecule has 0 saturated heterocycles. The molecule has 0 aliphatic carbocycles. The third-order valence-corrected chi connectivity index (χ3v) is 1.09. The molecule has 0 atom stereocenters. The fraction of sp³-hybridized carbons (Fsp3) is 0.286. The first kappa shape index (κ1) is 9.24. The van der Waals surface area contributed by atoms with Gasteiger partial charge in [0.25, 0.3) is 0 Å². The van der Waals surface area contributed by atoms with Gasteiger partial charge in [0.2, 0.25) is 0 Å². The lowest BCUT2D eigenvalue weighted by molar-refractivity contribution is 0.184. The van der Waals surface area contributed by atoms with Crippen LogP contribution in [0.1, 0.15) is 6.92 Å². The molecule has 0 amide bonds. The smallest absolute Gasteiger partial charge is 0.404 e. The van der Waals surface area contributed by atoms with Crippen molar-refractivity contribution in [3.05, 3.63) is 24.3 Å². The molecule has 0 rings (SSSR count). The summed E-state index contributed by atoms with van der Waals surface area (Å²) in [5.41, 5.74) is 0.0511. The molecular formula is C7H9ClO2. The SMILES string of the molecule is C=C/C(=C\C)COC(=O)Cl. The van der Waals surface area contributed by atoms with E-state index in [0.717, 1.165) is 5.57 Å². The molecular weight excluding hydrogens is 152 g/mol. The number of halogens is 1. The van der Waals surface area contributed by atoms with Crippen molar-refractivity contribution in [2.75, 3.05) is 6.61 Å². The van der Waals surface area contributed by atoms with E-state index in [0.29, 0.717) is 0 Å². The minimum atomic E-state index is -0.791. The number of carbonyl (C=O) groups is 1. The minimum absolute atomic E-state index is 0.197. The lowest BCUT2D eigenvalue weighted by atomic mass is 10.3. The van der Waals surface area contributed by atoms with Crippen molar-refractivity contribution in [2.24, 2.45) is 0 Å². The Morgan fingerprint density at radius 2 is 2.40 bits per heavy atom. The lowest BCUT2D eigenvalue weighted by Gasteiger charge is -1.98. The first-order chi connectivity index (χ1) is 4.70. The molecule has 0 N–H and O–H groups in total. The van der Waals surface area contributed by atoms with Crippen LogP contribution in [0.5, 0.6) is 0 Å². The molecule has 0 aliphatic heterocycles. The molecule has 0 aromatic rings. The average Bonchev–Trinajstić information content (AvgIpc) is 1.90. The number of carbonyl (C=O) groups excluding carboxylic acids is 1. The van der Waals surface area contributed by atoms with Crippen molar-refractivity contribution >= 4 is 17.0 Å². The van der Waals surface area contributed by atoms with Gasteiger partial charge in [-0.3, -0.25) is 0 Å². The summed E-state index contributed by atoms with van der Waals surface area (Å²) in [6.45, 7) is 5.54. The number of hydrogen-bond donors (Lipinski definition) is 0. The molecule has 0 bridgehead atoms. The second-order valence-corrected chi connectivity index (χ2v) is 1.90. The summed E-state index contributed by atoms with van der Waals surface area (Å²) in [4.78, 5) is 10.1. The van der Waals surface area contributed by atoms with Crippen LogP contribution in [0.2, 0.25) is 0 Å². The number of ether oxygens (including phenoxy) is 1. The van der Waals surface area contributed by atoms with E-state index in [1.54, 1.807) is 12.2 Å². The van der Waals surface area contributed by atoms with Crippen molar-refractivity contribution in [3.8, 4) is 0 Å². The van der Waals surface area contributed by atoms with Gasteiger partial charge in [-0.15, -0.1) is 0 Å².